The first kappa shape index (κ1) is 17.7. The Morgan fingerprint density at radius 3 is 2.80 bits per heavy atom. The summed E-state index contributed by atoms with van der Waals surface area (Å²) in [5, 5.41) is 11.9. The van der Waals surface area contributed by atoms with Crippen molar-refractivity contribution < 1.29 is 4.79 Å². The molecule has 4 aliphatic rings. The van der Waals surface area contributed by atoms with E-state index in [-0.39, 0.29) is 22.8 Å². The minimum absolute atomic E-state index is 0.131. The Balaban J connectivity index is 1.17. The predicted octanol–water partition coefficient (Wildman–Crippen LogP) is 3.57. The van der Waals surface area contributed by atoms with Gasteiger partial charge in [-0.25, -0.2) is 5.01 Å². The lowest BCUT2D eigenvalue weighted by atomic mass is 9.34. The minimum Gasteiger partial charge on any atom is -0.272 e. The van der Waals surface area contributed by atoms with Crippen LogP contribution in [0.4, 0.5) is 0 Å². The molecule has 3 saturated carbocycles. The van der Waals surface area contributed by atoms with Gasteiger partial charge in [0.2, 0.25) is 5.91 Å². The molecule has 2 bridgehead atoms. The van der Waals surface area contributed by atoms with Gasteiger partial charge in [-0.1, -0.05) is 11.6 Å². The summed E-state index contributed by atoms with van der Waals surface area (Å²) in [5.74, 6) is 0.146. The Morgan fingerprint density at radius 1 is 1.17 bits per heavy atom. The normalized spacial score (nSPS) is 29.1. The Kier molecular flexibility index (Phi) is 3.53. The van der Waals surface area contributed by atoms with E-state index in [9.17, 15) is 4.79 Å². The second-order valence-electron chi connectivity index (χ2n) is 9.46. The Labute approximate surface area is 174 Å². The number of amides is 1. The molecule has 7 nitrogen and oxygen atoms in total. The van der Waals surface area contributed by atoms with E-state index in [0.717, 1.165) is 37.2 Å². The van der Waals surface area contributed by atoms with Crippen molar-refractivity contribution in [3.8, 4) is 0 Å². The summed E-state index contributed by atoms with van der Waals surface area (Å²) in [6, 6.07) is 6.32. The van der Waals surface area contributed by atoms with Crippen LogP contribution in [0.2, 0.25) is 0 Å². The summed E-state index contributed by atoms with van der Waals surface area (Å²) in [4.78, 5) is 22.2. The van der Waals surface area contributed by atoms with Gasteiger partial charge in [-0.3, -0.25) is 19.4 Å². The van der Waals surface area contributed by atoms with Crippen molar-refractivity contribution in [3.05, 3.63) is 53.7 Å². The topological polar surface area (TPSA) is 76.3 Å². The average Bonchev–Trinajstić information content (AvgIpc) is 3.30. The van der Waals surface area contributed by atoms with Gasteiger partial charge in [-0.15, -0.1) is 0 Å². The highest BCUT2D eigenvalue weighted by molar-refractivity contribution is 5.88. The number of aromatic nitrogens is 4. The lowest BCUT2D eigenvalue weighted by Crippen LogP contribution is -2.68. The number of aryl methyl sites for hydroxylation is 2. The Hall–Kier alpha value is -3.09. The Bertz CT molecular complexity index is 1190. The van der Waals surface area contributed by atoms with Gasteiger partial charge in [0.1, 0.15) is 6.04 Å². The van der Waals surface area contributed by atoms with Gasteiger partial charge in [-0.05, 0) is 50.7 Å². The SMILES string of the molecule is Cc1ccc2c(cnn2CC23CC(C(=O)N4N=CCC4c4cncc(C)n4)(C2)C3)c1. The Morgan fingerprint density at radius 2 is 2.00 bits per heavy atom. The van der Waals surface area contributed by atoms with Gasteiger partial charge in [0.25, 0.3) is 0 Å². The summed E-state index contributed by atoms with van der Waals surface area (Å²) in [6.45, 7) is 4.90. The zero-order chi connectivity index (χ0) is 20.5. The van der Waals surface area contributed by atoms with Crippen LogP contribution < -0.4 is 0 Å². The summed E-state index contributed by atoms with van der Waals surface area (Å²) in [5.41, 5.74) is 4.04. The third kappa shape index (κ3) is 2.47. The monoisotopic (exact) mass is 400 g/mol. The number of fused-ring (bicyclic) bond motifs is 1. The molecule has 1 atom stereocenters. The highest BCUT2D eigenvalue weighted by Gasteiger charge is 2.72. The molecule has 0 saturated heterocycles. The molecule has 2 aromatic heterocycles. The van der Waals surface area contributed by atoms with Gasteiger partial charge in [0, 0.05) is 30.8 Å². The van der Waals surface area contributed by atoms with Crippen LogP contribution in [0.25, 0.3) is 10.9 Å². The highest BCUT2D eigenvalue weighted by Crippen LogP contribution is 2.74. The first-order chi connectivity index (χ1) is 14.5. The van der Waals surface area contributed by atoms with Gasteiger partial charge in [-0.2, -0.15) is 10.2 Å². The summed E-state index contributed by atoms with van der Waals surface area (Å²) in [7, 11) is 0. The lowest BCUT2D eigenvalue weighted by Gasteiger charge is -2.69. The van der Waals surface area contributed by atoms with Crippen LogP contribution in [0.1, 0.15) is 48.7 Å². The molecular formula is C23H24N6O. The molecular weight excluding hydrogens is 376 g/mol. The molecule has 3 aliphatic carbocycles. The van der Waals surface area contributed by atoms with Crippen LogP contribution in [-0.4, -0.2) is 36.9 Å². The van der Waals surface area contributed by atoms with Gasteiger partial charge in [0.15, 0.2) is 0 Å². The number of nitrogens with zero attached hydrogens (tertiary/aromatic N) is 6. The third-order valence-electron chi connectivity index (χ3n) is 7.03. The smallest absolute Gasteiger partial charge is 0.249 e. The predicted molar refractivity (Wildman–Crippen MR) is 113 cm³/mol. The van der Waals surface area contributed by atoms with Gasteiger partial charge >= 0.3 is 0 Å². The summed E-state index contributed by atoms with van der Waals surface area (Å²) < 4.78 is 2.11. The molecule has 3 aromatic rings. The molecule has 0 radical (unpaired) electrons. The van der Waals surface area contributed by atoms with E-state index in [1.54, 1.807) is 17.4 Å². The van der Waals surface area contributed by atoms with Crippen LogP contribution in [-0.2, 0) is 11.3 Å². The fourth-order valence-corrected chi connectivity index (χ4v) is 5.78. The molecule has 1 aromatic carbocycles. The van der Waals surface area contributed by atoms with Crippen LogP contribution in [0.15, 0.2) is 41.9 Å². The number of benzene rings is 1. The molecule has 30 heavy (non-hydrogen) atoms. The van der Waals surface area contributed by atoms with Crippen molar-refractivity contribution in [1.29, 1.82) is 0 Å². The fourth-order valence-electron chi connectivity index (χ4n) is 5.78. The van der Waals surface area contributed by atoms with Gasteiger partial charge < -0.3 is 0 Å². The zero-order valence-electron chi connectivity index (χ0n) is 17.2. The number of carbonyl (C=O) groups is 1. The lowest BCUT2D eigenvalue weighted by molar-refractivity contribution is -0.223. The maximum atomic E-state index is 13.4. The second kappa shape index (κ2) is 5.97. The standard InChI is InChI=1S/C23H24N6O/c1-15-3-4-19-17(7-15)9-26-28(19)14-22-11-23(12-22,13-22)21(30)29-20(5-6-25-29)18-10-24-8-16(2)27-18/h3-4,6-10,20H,5,11-14H2,1-2H3. The molecule has 3 heterocycles. The van der Waals surface area contributed by atoms with Crippen LogP contribution in [0.5, 0.6) is 0 Å². The molecule has 0 N–H and O–H groups in total. The van der Waals surface area contributed by atoms with Gasteiger partial charge in [0.05, 0.1) is 34.7 Å². The maximum absolute atomic E-state index is 13.4. The van der Waals surface area contributed by atoms with E-state index < -0.39 is 0 Å². The van der Waals surface area contributed by atoms with Crippen molar-refractivity contribution in [3.63, 3.8) is 0 Å². The van der Waals surface area contributed by atoms with Crippen LogP contribution in [0, 0.1) is 24.7 Å². The van der Waals surface area contributed by atoms with Crippen LogP contribution >= 0.6 is 0 Å². The summed E-state index contributed by atoms with van der Waals surface area (Å²) >= 11 is 0. The van der Waals surface area contributed by atoms with E-state index in [4.69, 9.17) is 0 Å². The van der Waals surface area contributed by atoms with Crippen molar-refractivity contribution in [1.82, 2.24) is 24.8 Å². The zero-order valence-corrected chi connectivity index (χ0v) is 17.2. The first-order valence-electron chi connectivity index (χ1n) is 10.5. The number of hydrogen-bond donors (Lipinski definition) is 0. The van der Waals surface area contributed by atoms with Crippen LogP contribution in [0.3, 0.4) is 0 Å². The van der Waals surface area contributed by atoms with E-state index in [2.05, 4.69) is 50.0 Å². The maximum Gasteiger partial charge on any atom is 0.249 e. The summed E-state index contributed by atoms with van der Waals surface area (Å²) in [6.07, 6.45) is 10.7. The molecule has 152 valence electrons. The average molecular weight is 400 g/mol. The molecule has 1 unspecified atom stereocenters. The van der Waals surface area contributed by atoms with Crippen molar-refractivity contribution in [2.24, 2.45) is 15.9 Å². The quantitative estimate of drug-likeness (QED) is 0.671. The molecule has 0 spiro atoms. The molecule has 1 amide bonds. The van der Waals surface area contributed by atoms with E-state index in [0.29, 0.717) is 6.42 Å². The van der Waals surface area contributed by atoms with E-state index in [1.165, 1.54) is 16.5 Å². The van der Waals surface area contributed by atoms with E-state index in [1.807, 2.05) is 19.3 Å². The van der Waals surface area contributed by atoms with Crippen molar-refractivity contribution in [2.75, 3.05) is 0 Å². The minimum atomic E-state index is -0.253. The first-order valence-corrected chi connectivity index (χ1v) is 10.5. The number of carbonyl (C=O) groups excluding carboxylic acids is 1. The number of hydrazone groups is 1. The van der Waals surface area contributed by atoms with Crippen molar-refractivity contribution >= 4 is 23.0 Å². The number of rotatable bonds is 4. The third-order valence-corrected chi connectivity index (χ3v) is 7.03. The molecule has 1 aliphatic heterocycles. The molecule has 7 rings (SSSR count). The second-order valence-corrected chi connectivity index (χ2v) is 9.46. The van der Waals surface area contributed by atoms with Crippen molar-refractivity contribution in [2.45, 2.75) is 52.1 Å². The van der Waals surface area contributed by atoms with E-state index >= 15 is 0 Å². The highest BCUT2D eigenvalue weighted by atomic mass is 16.2. The number of hydrogen-bond acceptors (Lipinski definition) is 5. The molecule has 3 fully saturated rings. The molecule has 7 heteroatoms. The largest absolute Gasteiger partial charge is 0.272 e. The fraction of sp³-hybridized carbons (Fsp3) is 0.435.